The van der Waals surface area contributed by atoms with Crippen LogP contribution in [0.4, 0.5) is 5.69 Å². The number of benzene rings is 2. The Morgan fingerprint density at radius 2 is 1.63 bits per heavy atom. The number of methoxy groups -OCH3 is 1. The van der Waals surface area contributed by atoms with Crippen molar-refractivity contribution in [3.05, 3.63) is 59.7 Å². The van der Waals surface area contributed by atoms with Crippen molar-refractivity contribution >= 4 is 11.6 Å². The largest absolute Gasteiger partial charge is 0.497 e. The van der Waals surface area contributed by atoms with Gasteiger partial charge in [0.25, 0.3) is 0 Å². The number of amides is 1. The summed E-state index contributed by atoms with van der Waals surface area (Å²) in [4.78, 5) is 16.5. The Kier molecular flexibility index (Phi) is 7.67. The maximum atomic E-state index is 12.3. The van der Waals surface area contributed by atoms with Crippen LogP contribution >= 0.6 is 0 Å². The molecular weight excluding hydrogens is 338 g/mol. The van der Waals surface area contributed by atoms with Gasteiger partial charge in [0.2, 0.25) is 5.91 Å². The van der Waals surface area contributed by atoms with Crippen LogP contribution in [0.2, 0.25) is 0 Å². The highest BCUT2D eigenvalue weighted by atomic mass is 16.5. The molecule has 2 aromatic rings. The number of rotatable bonds is 9. The lowest BCUT2D eigenvalue weighted by atomic mass is 10.0. The van der Waals surface area contributed by atoms with Crippen molar-refractivity contribution in [1.82, 2.24) is 10.2 Å². The minimum absolute atomic E-state index is 0.0718. The van der Waals surface area contributed by atoms with Crippen LogP contribution in [0.5, 0.6) is 5.75 Å². The lowest BCUT2D eigenvalue weighted by Crippen LogP contribution is -2.34. The van der Waals surface area contributed by atoms with Crippen LogP contribution < -0.4 is 15.0 Å². The molecule has 0 aromatic heterocycles. The average molecular weight is 370 g/mol. The number of likely N-dealkylation sites (N-methyl/N-ethyl adjacent to an activating group) is 1. The first-order chi connectivity index (χ1) is 12.9. The van der Waals surface area contributed by atoms with E-state index < -0.39 is 0 Å². The van der Waals surface area contributed by atoms with Crippen LogP contribution in [0.1, 0.15) is 23.6 Å². The normalized spacial score (nSPS) is 11.9. The van der Waals surface area contributed by atoms with Gasteiger partial charge in [-0.1, -0.05) is 24.3 Å². The number of hydrogen-bond donors (Lipinski definition) is 1. The Labute approximate surface area is 162 Å². The van der Waals surface area contributed by atoms with Crippen molar-refractivity contribution in [3.8, 4) is 5.75 Å². The fourth-order valence-corrected chi connectivity index (χ4v) is 2.94. The van der Waals surface area contributed by atoms with Gasteiger partial charge in [-0.2, -0.15) is 0 Å². The molecule has 27 heavy (non-hydrogen) atoms. The Bertz CT molecular complexity index is 709. The Hall–Kier alpha value is -2.53. The summed E-state index contributed by atoms with van der Waals surface area (Å²) in [5.41, 5.74) is 3.50. The number of aryl methyl sites for hydroxylation is 1. The molecular formula is C22H31N3O2. The van der Waals surface area contributed by atoms with Crippen LogP contribution in [0.3, 0.4) is 0 Å². The quantitative estimate of drug-likeness (QED) is 0.738. The van der Waals surface area contributed by atoms with E-state index in [1.807, 2.05) is 52.5 Å². The van der Waals surface area contributed by atoms with Crippen LogP contribution in [-0.4, -0.2) is 52.7 Å². The summed E-state index contributed by atoms with van der Waals surface area (Å²) >= 11 is 0. The van der Waals surface area contributed by atoms with Gasteiger partial charge in [0, 0.05) is 32.7 Å². The number of carbonyl (C=O) groups excluding carboxylic acids is 1. The fourth-order valence-electron chi connectivity index (χ4n) is 2.94. The zero-order valence-corrected chi connectivity index (χ0v) is 17.0. The lowest BCUT2D eigenvalue weighted by molar-refractivity contribution is -0.121. The van der Waals surface area contributed by atoms with E-state index in [4.69, 9.17) is 4.74 Å². The molecule has 0 radical (unpaired) electrons. The van der Waals surface area contributed by atoms with Crippen LogP contribution in [0, 0.1) is 0 Å². The number of anilines is 1. The molecule has 0 unspecified atom stereocenters. The molecule has 0 aliphatic carbocycles. The van der Waals surface area contributed by atoms with Crippen molar-refractivity contribution in [3.63, 3.8) is 0 Å². The zero-order chi connectivity index (χ0) is 19.8. The first-order valence-corrected chi connectivity index (χ1v) is 9.24. The van der Waals surface area contributed by atoms with E-state index in [0.717, 1.165) is 17.7 Å². The Morgan fingerprint density at radius 3 is 2.15 bits per heavy atom. The molecule has 0 bridgehead atoms. The van der Waals surface area contributed by atoms with Gasteiger partial charge in [0.15, 0.2) is 0 Å². The number of carbonyl (C=O) groups is 1. The maximum absolute atomic E-state index is 12.3. The first-order valence-electron chi connectivity index (χ1n) is 9.24. The smallest absolute Gasteiger partial charge is 0.220 e. The molecule has 0 spiro atoms. The molecule has 0 aliphatic rings. The van der Waals surface area contributed by atoms with Crippen molar-refractivity contribution in [2.75, 3.05) is 46.7 Å². The summed E-state index contributed by atoms with van der Waals surface area (Å²) in [5.74, 6) is 0.903. The SMILES string of the molecule is COc1ccc(CCC(=O)NC[C@@H](c2ccc(N(C)C)cc2)N(C)C)cc1. The summed E-state index contributed by atoms with van der Waals surface area (Å²) in [6.07, 6.45) is 1.20. The molecule has 0 heterocycles. The molecule has 0 aliphatic heterocycles. The Balaban J connectivity index is 1.87. The monoisotopic (exact) mass is 369 g/mol. The van der Waals surface area contributed by atoms with E-state index in [2.05, 4.69) is 39.4 Å². The van der Waals surface area contributed by atoms with Gasteiger partial charge < -0.3 is 19.9 Å². The summed E-state index contributed by atoms with van der Waals surface area (Å²) in [5, 5.41) is 3.08. The van der Waals surface area contributed by atoms with Crippen LogP contribution in [0.25, 0.3) is 0 Å². The number of nitrogens with one attached hydrogen (secondary N) is 1. The maximum Gasteiger partial charge on any atom is 0.220 e. The van der Waals surface area contributed by atoms with Gasteiger partial charge >= 0.3 is 0 Å². The molecule has 146 valence electrons. The van der Waals surface area contributed by atoms with Crippen LogP contribution in [-0.2, 0) is 11.2 Å². The highest BCUT2D eigenvalue weighted by Gasteiger charge is 2.15. The van der Waals surface area contributed by atoms with Gasteiger partial charge in [-0.05, 0) is 55.9 Å². The van der Waals surface area contributed by atoms with Crippen molar-refractivity contribution in [1.29, 1.82) is 0 Å². The van der Waals surface area contributed by atoms with Crippen molar-refractivity contribution < 1.29 is 9.53 Å². The minimum Gasteiger partial charge on any atom is -0.497 e. The minimum atomic E-state index is 0.0718. The van der Waals surface area contributed by atoms with E-state index in [9.17, 15) is 4.79 Å². The second kappa shape index (κ2) is 9.97. The number of ether oxygens (including phenoxy) is 1. The van der Waals surface area contributed by atoms with E-state index in [0.29, 0.717) is 13.0 Å². The summed E-state index contributed by atoms with van der Waals surface area (Å²) in [7, 11) is 9.78. The second-order valence-corrected chi connectivity index (χ2v) is 7.12. The fraction of sp³-hybridized carbons (Fsp3) is 0.409. The topological polar surface area (TPSA) is 44.8 Å². The average Bonchev–Trinajstić information content (AvgIpc) is 2.67. The Morgan fingerprint density at radius 1 is 1.00 bits per heavy atom. The molecule has 1 N–H and O–H groups in total. The zero-order valence-electron chi connectivity index (χ0n) is 17.0. The van der Waals surface area contributed by atoms with E-state index >= 15 is 0 Å². The highest BCUT2D eigenvalue weighted by molar-refractivity contribution is 5.76. The summed E-state index contributed by atoms with van der Waals surface area (Å²) in [6.45, 7) is 0.593. The molecule has 1 amide bonds. The predicted molar refractivity (Wildman–Crippen MR) is 112 cm³/mol. The first kappa shape index (κ1) is 20.8. The molecule has 5 nitrogen and oxygen atoms in total. The molecule has 0 saturated heterocycles. The number of nitrogens with zero attached hydrogens (tertiary/aromatic N) is 2. The standard InChI is InChI=1S/C22H31N3O2/c1-24(2)19-11-9-18(10-12-19)21(25(3)4)16-23-22(26)15-8-17-6-13-20(27-5)14-7-17/h6-7,9-14,21H,8,15-16H2,1-5H3,(H,23,26)/t21-/m0/s1. The molecule has 2 aromatic carbocycles. The second-order valence-electron chi connectivity index (χ2n) is 7.12. The summed E-state index contributed by atoms with van der Waals surface area (Å²) in [6, 6.07) is 16.5. The third-order valence-electron chi connectivity index (χ3n) is 4.71. The van der Waals surface area contributed by atoms with E-state index in [1.165, 1.54) is 11.3 Å². The summed E-state index contributed by atoms with van der Waals surface area (Å²) < 4.78 is 5.16. The van der Waals surface area contributed by atoms with Gasteiger partial charge in [-0.25, -0.2) is 0 Å². The van der Waals surface area contributed by atoms with Crippen molar-refractivity contribution in [2.45, 2.75) is 18.9 Å². The van der Waals surface area contributed by atoms with Crippen LogP contribution in [0.15, 0.2) is 48.5 Å². The van der Waals surface area contributed by atoms with Gasteiger partial charge in [0.05, 0.1) is 13.2 Å². The van der Waals surface area contributed by atoms with Gasteiger partial charge in [0.1, 0.15) is 5.75 Å². The van der Waals surface area contributed by atoms with E-state index in [-0.39, 0.29) is 11.9 Å². The molecule has 0 saturated carbocycles. The molecule has 0 fully saturated rings. The third-order valence-corrected chi connectivity index (χ3v) is 4.71. The molecule has 5 heteroatoms. The van der Waals surface area contributed by atoms with E-state index in [1.54, 1.807) is 7.11 Å². The predicted octanol–water partition coefficient (Wildman–Crippen LogP) is 3.11. The molecule has 1 atom stereocenters. The van der Waals surface area contributed by atoms with Gasteiger partial charge in [-0.3, -0.25) is 4.79 Å². The highest BCUT2D eigenvalue weighted by Crippen LogP contribution is 2.21. The third kappa shape index (κ3) is 6.29. The number of hydrogen-bond acceptors (Lipinski definition) is 4. The van der Waals surface area contributed by atoms with Crippen molar-refractivity contribution in [2.24, 2.45) is 0 Å². The lowest BCUT2D eigenvalue weighted by Gasteiger charge is -2.26. The van der Waals surface area contributed by atoms with Gasteiger partial charge in [-0.15, -0.1) is 0 Å². The molecule has 2 rings (SSSR count).